The molecular weight excluding hydrogens is 240 g/mol. The molecule has 0 bridgehead atoms. The van der Waals surface area contributed by atoms with Gasteiger partial charge in [0.15, 0.2) is 0 Å². The third-order valence-corrected chi connectivity index (χ3v) is 2.61. The van der Waals surface area contributed by atoms with Gasteiger partial charge in [0.2, 0.25) is 0 Å². The van der Waals surface area contributed by atoms with Crippen molar-refractivity contribution in [3.63, 3.8) is 0 Å². The smallest absolute Gasteiger partial charge is 0.354 e. The molecule has 92 valence electrons. The number of rotatable bonds is 4. The van der Waals surface area contributed by atoms with Gasteiger partial charge in [0.05, 0.1) is 17.3 Å². The largest absolute Gasteiger partial charge is 0.461 e. The van der Waals surface area contributed by atoms with E-state index in [1.165, 1.54) is 0 Å². The molecule has 0 fully saturated rings. The summed E-state index contributed by atoms with van der Waals surface area (Å²) in [7, 11) is 0. The average molecular weight is 255 g/mol. The van der Waals surface area contributed by atoms with Gasteiger partial charge in [0.25, 0.3) is 0 Å². The molecule has 1 aromatic carbocycles. The highest BCUT2D eigenvalue weighted by atomic mass is 35.5. The molecule has 4 nitrogen and oxygen atoms in total. The molecule has 0 aliphatic rings. The number of hydrazone groups is 1. The predicted molar refractivity (Wildman–Crippen MR) is 69.6 cm³/mol. The highest BCUT2D eigenvalue weighted by molar-refractivity contribution is 6.36. The Bertz CT molecular complexity index is 444. The van der Waals surface area contributed by atoms with Crippen LogP contribution in [0.25, 0.3) is 0 Å². The summed E-state index contributed by atoms with van der Waals surface area (Å²) in [5.41, 5.74) is 4.61. The number of carbonyl (C=O) groups is 1. The zero-order valence-electron chi connectivity index (χ0n) is 10.1. The Labute approximate surface area is 106 Å². The van der Waals surface area contributed by atoms with E-state index in [-0.39, 0.29) is 5.71 Å². The Morgan fingerprint density at radius 3 is 2.88 bits per heavy atom. The number of carbonyl (C=O) groups excluding carboxylic acids is 1. The zero-order chi connectivity index (χ0) is 12.8. The first-order valence-electron chi connectivity index (χ1n) is 5.28. The van der Waals surface area contributed by atoms with Crippen molar-refractivity contribution in [3.8, 4) is 0 Å². The van der Waals surface area contributed by atoms with Gasteiger partial charge in [-0.05, 0) is 32.4 Å². The molecule has 0 aliphatic heterocycles. The molecule has 0 heterocycles. The van der Waals surface area contributed by atoms with Gasteiger partial charge >= 0.3 is 5.97 Å². The van der Waals surface area contributed by atoms with Crippen LogP contribution in [0.5, 0.6) is 0 Å². The summed E-state index contributed by atoms with van der Waals surface area (Å²) in [6.07, 6.45) is 0. The summed E-state index contributed by atoms with van der Waals surface area (Å²) in [6.45, 7) is 5.55. The fraction of sp³-hybridized carbons (Fsp3) is 0.333. The maximum Gasteiger partial charge on any atom is 0.354 e. The molecule has 0 atom stereocenters. The molecule has 17 heavy (non-hydrogen) atoms. The Kier molecular flexibility index (Phi) is 4.97. The molecule has 1 aromatic rings. The van der Waals surface area contributed by atoms with E-state index >= 15 is 0 Å². The van der Waals surface area contributed by atoms with Gasteiger partial charge in [0, 0.05) is 0 Å². The van der Waals surface area contributed by atoms with Crippen molar-refractivity contribution < 1.29 is 9.53 Å². The first-order valence-corrected chi connectivity index (χ1v) is 5.66. The normalized spacial score (nSPS) is 11.2. The van der Waals surface area contributed by atoms with Crippen LogP contribution in [0, 0.1) is 6.92 Å². The number of hydrogen-bond acceptors (Lipinski definition) is 4. The van der Waals surface area contributed by atoms with Crippen molar-refractivity contribution >= 4 is 29.0 Å². The van der Waals surface area contributed by atoms with Crippen molar-refractivity contribution in [1.29, 1.82) is 0 Å². The molecule has 0 amide bonds. The van der Waals surface area contributed by atoms with Crippen LogP contribution in [0.15, 0.2) is 23.3 Å². The standard InChI is InChI=1S/C12H15ClN2O2/c1-4-17-12(16)9(3)14-15-10-7-5-6-8(2)11(10)13/h5-7,15H,4H2,1-3H3. The van der Waals surface area contributed by atoms with Gasteiger partial charge in [0.1, 0.15) is 5.71 Å². The number of nitrogens with one attached hydrogen (secondary N) is 1. The number of esters is 1. The summed E-state index contributed by atoms with van der Waals surface area (Å²) >= 11 is 6.07. The Morgan fingerprint density at radius 2 is 2.24 bits per heavy atom. The monoisotopic (exact) mass is 254 g/mol. The van der Waals surface area contributed by atoms with Crippen LogP contribution < -0.4 is 5.43 Å². The maximum absolute atomic E-state index is 11.3. The van der Waals surface area contributed by atoms with E-state index in [2.05, 4.69) is 10.5 Å². The number of nitrogens with zero attached hydrogens (tertiary/aromatic N) is 1. The van der Waals surface area contributed by atoms with Crippen LogP contribution >= 0.6 is 11.6 Å². The molecule has 0 saturated heterocycles. The summed E-state index contributed by atoms with van der Waals surface area (Å²) in [4.78, 5) is 11.3. The highest BCUT2D eigenvalue weighted by Gasteiger charge is 2.07. The van der Waals surface area contributed by atoms with Crippen LogP contribution in [-0.2, 0) is 9.53 Å². The number of aryl methyl sites for hydroxylation is 1. The summed E-state index contributed by atoms with van der Waals surface area (Å²) in [5, 5.41) is 4.51. The van der Waals surface area contributed by atoms with E-state index in [0.29, 0.717) is 17.3 Å². The topological polar surface area (TPSA) is 50.7 Å². The summed E-state index contributed by atoms with van der Waals surface area (Å²) < 4.78 is 4.80. The summed E-state index contributed by atoms with van der Waals surface area (Å²) in [6, 6.07) is 5.55. The Hall–Kier alpha value is -1.55. The lowest BCUT2D eigenvalue weighted by Crippen LogP contribution is -2.15. The molecule has 0 aromatic heterocycles. The number of benzene rings is 1. The fourth-order valence-electron chi connectivity index (χ4n) is 1.16. The van der Waals surface area contributed by atoms with E-state index in [0.717, 1.165) is 5.56 Å². The van der Waals surface area contributed by atoms with Gasteiger partial charge in [-0.15, -0.1) is 0 Å². The molecule has 1 rings (SSSR count). The molecular formula is C12H15ClN2O2. The van der Waals surface area contributed by atoms with Crippen LogP contribution in [0.3, 0.4) is 0 Å². The van der Waals surface area contributed by atoms with Gasteiger partial charge in [-0.25, -0.2) is 4.79 Å². The SMILES string of the molecule is CCOC(=O)C(C)=NNc1cccc(C)c1Cl. The van der Waals surface area contributed by atoms with E-state index in [1.807, 2.05) is 19.1 Å². The molecule has 0 saturated carbocycles. The quantitative estimate of drug-likeness (QED) is 0.511. The second-order valence-electron chi connectivity index (χ2n) is 3.47. The minimum absolute atomic E-state index is 0.254. The number of hydrogen-bond donors (Lipinski definition) is 1. The third kappa shape index (κ3) is 3.75. The molecule has 5 heteroatoms. The third-order valence-electron chi connectivity index (χ3n) is 2.11. The van der Waals surface area contributed by atoms with E-state index in [1.54, 1.807) is 19.9 Å². The maximum atomic E-state index is 11.3. The van der Waals surface area contributed by atoms with Crippen molar-refractivity contribution in [1.82, 2.24) is 0 Å². The molecule has 0 aliphatic carbocycles. The van der Waals surface area contributed by atoms with Gasteiger partial charge in [-0.2, -0.15) is 5.10 Å². The second kappa shape index (κ2) is 6.25. The number of ether oxygens (including phenoxy) is 1. The summed E-state index contributed by atoms with van der Waals surface area (Å²) in [5.74, 6) is -0.441. The minimum atomic E-state index is -0.441. The zero-order valence-corrected chi connectivity index (χ0v) is 10.8. The lowest BCUT2D eigenvalue weighted by molar-refractivity contribution is -0.135. The van der Waals surface area contributed by atoms with Gasteiger partial charge < -0.3 is 4.74 Å². The molecule has 1 N–H and O–H groups in total. The first-order chi connectivity index (χ1) is 8.06. The van der Waals surface area contributed by atoms with Crippen LogP contribution in [-0.4, -0.2) is 18.3 Å². The lowest BCUT2D eigenvalue weighted by atomic mass is 10.2. The van der Waals surface area contributed by atoms with Gasteiger partial charge in [-0.1, -0.05) is 23.7 Å². The number of halogens is 1. The van der Waals surface area contributed by atoms with Crippen molar-refractivity contribution in [2.45, 2.75) is 20.8 Å². The highest BCUT2D eigenvalue weighted by Crippen LogP contribution is 2.24. The Balaban J connectivity index is 2.75. The van der Waals surface area contributed by atoms with Crippen LogP contribution in [0.4, 0.5) is 5.69 Å². The van der Waals surface area contributed by atoms with Gasteiger partial charge in [-0.3, -0.25) is 5.43 Å². The van der Waals surface area contributed by atoms with E-state index in [4.69, 9.17) is 16.3 Å². The van der Waals surface area contributed by atoms with Crippen molar-refractivity contribution in [2.24, 2.45) is 5.10 Å². The fourth-order valence-corrected chi connectivity index (χ4v) is 1.33. The predicted octanol–water partition coefficient (Wildman–Crippen LogP) is 3.00. The van der Waals surface area contributed by atoms with Crippen LogP contribution in [0.2, 0.25) is 5.02 Å². The minimum Gasteiger partial charge on any atom is -0.461 e. The second-order valence-corrected chi connectivity index (χ2v) is 3.84. The average Bonchev–Trinajstić information content (AvgIpc) is 2.31. The first kappa shape index (κ1) is 13.5. The molecule has 0 radical (unpaired) electrons. The lowest BCUT2D eigenvalue weighted by Gasteiger charge is -2.06. The van der Waals surface area contributed by atoms with Crippen molar-refractivity contribution in [2.75, 3.05) is 12.0 Å². The Morgan fingerprint density at radius 1 is 1.53 bits per heavy atom. The van der Waals surface area contributed by atoms with E-state index in [9.17, 15) is 4.79 Å². The van der Waals surface area contributed by atoms with Crippen LogP contribution in [0.1, 0.15) is 19.4 Å². The molecule has 0 spiro atoms. The van der Waals surface area contributed by atoms with E-state index < -0.39 is 5.97 Å². The number of anilines is 1. The molecule has 0 unspecified atom stereocenters. The van der Waals surface area contributed by atoms with Crippen molar-refractivity contribution in [3.05, 3.63) is 28.8 Å².